The lowest BCUT2D eigenvalue weighted by Gasteiger charge is -2.33. The van der Waals surface area contributed by atoms with E-state index in [0.29, 0.717) is 19.5 Å². The minimum absolute atomic E-state index is 0.0699. The smallest absolute Gasteiger partial charge is 0.410 e. The number of Topliss-reactive ketones (excluding diaryl/α,β-unsaturated/α-hetero) is 1. The number of likely N-dealkylation sites (tertiary alicyclic amines) is 1. The van der Waals surface area contributed by atoms with Crippen LogP contribution >= 0.6 is 0 Å². The topological polar surface area (TPSA) is 59.0 Å². The van der Waals surface area contributed by atoms with Gasteiger partial charge in [0.05, 0.1) is 16.8 Å². The normalized spacial score (nSPS) is 22.4. The van der Waals surface area contributed by atoms with Gasteiger partial charge in [0.15, 0.2) is 0 Å². The van der Waals surface area contributed by atoms with Gasteiger partial charge in [0, 0.05) is 25.4 Å². The van der Waals surface area contributed by atoms with Crippen LogP contribution in [0.3, 0.4) is 0 Å². The minimum Gasteiger partial charge on any atom is -0.444 e. The molecule has 2 aromatic carbocycles. The van der Waals surface area contributed by atoms with E-state index in [-0.39, 0.29) is 17.8 Å². The third-order valence-corrected chi connectivity index (χ3v) is 6.10. The molecule has 4 rings (SSSR count). The van der Waals surface area contributed by atoms with Crippen molar-refractivity contribution in [3.05, 3.63) is 65.2 Å². The number of hydrogen-bond acceptors (Lipinski definition) is 4. The third kappa shape index (κ3) is 3.89. The summed E-state index contributed by atoms with van der Waals surface area (Å²) in [6.45, 7) is 10.2. The maximum atomic E-state index is 13.0. The highest BCUT2D eigenvalue weighted by atomic mass is 16.6. The summed E-state index contributed by atoms with van der Waals surface area (Å²) in [5.74, 6) is 0.0449. The van der Waals surface area contributed by atoms with Crippen molar-refractivity contribution in [2.75, 3.05) is 13.1 Å². The molecule has 0 radical (unpaired) electrons. The second-order valence-corrected chi connectivity index (χ2v) is 9.78. The molecule has 2 unspecified atom stereocenters. The first-order valence-electron chi connectivity index (χ1n) is 10.8. The van der Waals surface area contributed by atoms with Crippen molar-refractivity contribution < 1.29 is 14.3 Å². The largest absolute Gasteiger partial charge is 0.444 e. The van der Waals surface area contributed by atoms with Gasteiger partial charge in [-0.25, -0.2) is 4.79 Å². The van der Waals surface area contributed by atoms with Gasteiger partial charge in [0.25, 0.3) is 0 Å². The summed E-state index contributed by atoms with van der Waals surface area (Å²) in [4.78, 5) is 32.1. The lowest BCUT2D eigenvalue weighted by atomic mass is 9.67. The second-order valence-electron chi connectivity index (χ2n) is 9.78. The van der Waals surface area contributed by atoms with Gasteiger partial charge in [-0.2, -0.15) is 0 Å². The average Bonchev–Trinajstić information content (AvgIpc) is 3.21. The van der Waals surface area contributed by atoms with E-state index in [9.17, 15) is 9.59 Å². The molecule has 1 fully saturated rings. The third-order valence-electron chi connectivity index (χ3n) is 6.10. The van der Waals surface area contributed by atoms with Gasteiger partial charge in [0.2, 0.25) is 0 Å². The van der Waals surface area contributed by atoms with Gasteiger partial charge in [-0.3, -0.25) is 4.99 Å². The van der Waals surface area contributed by atoms with E-state index >= 15 is 0 Å². The summed E-state index contributed by atoms with van der Waals surface area (Å²) in [5.41, 5.74) is 4.00. The Labute approximate surface area is 184 Å². The fraction of sp³-hybridized carbons (Fsp3) is 0.423. The highest BCUT2D eigenvalue weighted by Crippen LogP contribution is 2.52. The molecule has 2 heterocycles. The van der Waals surface area contributed by atoms with Crippen molar-refractivity contribution in [2.45, 2.75) is 52.1 Å². The molecule has 0 aliphatic carbocycles. The van der Waals surface area contributed by atoms with Gasteiger partial charge >= 0.3 is 6.09 Å². The summed E-state index contributed by atoms with van der Waals surface area (Å²) in [6, 6.07) is 16.4. The molecule has 162 valence electrons. The van der Waals surface area contributed by atoms with Crippen LogP contribution < -0.4 is 0 Å². The zero-order chi connectivity index (χ0) is 22.4. The number of aryl methyl sites for hydroxylation is 1. The lowest BCUT2D eigenvalue weighted by Crippen LogP contribution is -2.43. The standard InChI is InChI=1S/C26H30N2O3/c1-17-11-12-22-21(13-17)26(23(27-22)19-9-7-6-8-10-19)16-28(15-20(26)14-18(2)29)24(30)31-25(3,4)5/h6-13,20H,14-16H2,1-5H3. The molecule has 0 bridgehead atoms. The number of benzene rings is 2. The first-order valence-corrected chi connectivity index (χ1v) is 10.8. The molecule has 5 nitrogen and oxygen atoms in total. The Hall–Kier alpha value is -2.95. The number of ketones is 1. The second kappa shape index (κ2) is 7.63. The van der Waals surface area contributed by atoms with E-state index in [4.69, 9.17) is 9.73 Å². The highest BCUT2D eigenvalue weighted by Gasteiger charge is 2.56. The van der Waals surface area contributed by atoms with Gasteiger partial charge in [-0.15, -0.1) is 0 Å². The zero-order valence-corrected chi connectivity index (χ0v) is 18.9. The first-order chi connectivity index (χ1) is 14.6. The van der Waals surface area contributed by atoms with Crippen LogP contribution in [0, 0.1) is 12.8 Å². The average molecular weight is 419 g/mol. The zero-order valence-electron chi connectivity index (χ0n) is 18.9. The molecule has 0 aromatic heterocycles. The number of hydrogen-bond donors (Lipinski definition) is 0. The highest BCUT2D eigenvalue weighted by molar-refractivity contribution is 6.14. The number of aliphatic imine (C=N–C) groups is 1. The Morgan fingerprint density at radius 2 is 1.87 bits per heavy atom. The molecule has 0 saturated carbocycles. The molecule has 2 aromatic rings. The minimum atomic E-state index is -0.580. The Bertz CT molecular complexity index is 1050. The molecule has 1 saturated heterocycles. The van der Waals surface area contributed by atoms with Crippen molar-refractivity contribution in [3.63, 3.8) is 0 Å². The van der Waals surface area contributed by atoms with Crippen molar-refractivity contribution >= 4 is 23.3 Å². The monoisotopic (exact) mass is 418 g/mol. The van der Waals surface area contributed by atoms with E-state index in [2.05, 4.69) is 31.2 Å². The molecule has 1 spiro atoms. The quantitative estimate of drug-likeness (QED) is 0.687. The number of nitrogens with zero attached hydrogens (tertiary/aromatic N) is 2. The molecule has 2 aliphatic heterocycles. The van der Waals surface area contributed by atoms with E-state index in [1.165, 1.54) is 0 Å². The van der Waals surface area contributed by atoms with Crippen LogP contribution in [-0.2, 0) is 14.9 Å². The van der Waals surface area contributed by atoms with E-state index in [1.54, 1.807) is 11.8 Å². The predicted molar refractivity (Wildman–Crippen MR) is 122 cm³/mol. The summed E-state index contributed by atoms with van der Waals surface area (Å²) < 4.78 is 5.69. The summed E-state index contributed by atoms with van der Waals surface area (Å²) in [7, 11) is 0. The molecule has 2 aliphatic rings. The van der Waals surface area contributed by atoms with E-state index in [1.807, 2.05) is 45.0 Å². The lowest BCUT2D eigenvalue weighted by molar-refractivity contribution is -0.118. The number of carbonyl (C=O) groups excluding carboxylic acids is 2. The van der Waals surface area contributed by atoms with Crippen LogP contribution in [-0.4, -0.2) is 41.2 Å². The van der Waals surface area contributed by atoms with Crippen LogP contribution in [0.25, 0.3) is 0 Å². The number of amides is 1. The van der Waals surface area contributed by atoms with Crippen LogP contribution in [0.2, 0.25) is 0 Å². The molecule has 31 heavy (non-hydrogen) atoms. The van der Waals surface area contributed by atoms with Crippen LogP contribution in [0.5, 0.6) is 0 Å². The van der Waals surface area contributed by atoms with E-state index in [0.717, 1.165) is 28.1 Å². The SMILES string of the molecule is CC(=O)CC1CN(C(=O)OC(C)(C)C)CC12C(c1ccccc1)=Nc1ccc(C)cc12. The van der Waals surface area contributed by atoms with Crippen molar-refractivity contribution in [3.8, 4) is 0 Å². The van der Waals surface area contributed by atoms with Crippen molar-refractivity contribution in [2.24, 2.45) is 10.9 Å². The number of fused-ring (bicyclic) bond motifs is 2. The van der Waals surface area contributed by atoms with Gasteiger partial charge in [-0.1, -0.05) is 48.0 Å². The van der Waals surface area contributed by atoms with Crippen molar-refractivity contribution in [1.82, 2.24) is 4.90 Å². The molecule has 2 atom stereocenters. The Morgan fingerprint density at radius 3 is 2.52 bits per heavy atom. The molecule has 1 amide bonds. The summed E-state index contributed by atoms with van der Waals surface area (Å²) >= 11 is 0. The Morgan fingerprint density at radius 1 is 1.16 bits per heavy atom. The molecule has 5 heteroatoms. The maximum Gasteiger partial charge on any atom is 0.410 e. The van der Waals surface area contributed by atoms with E-state index < -0.39 is 11.0 Å². The number of rotatable bonds is 3. The van der Waals surface area contributed by atoms with Gasteiger partial charge in [-0.05, 0) is 51.8 Å². The molecular weight excluding hydrogens is 388 g/mol. The first kappa shape index (κ1) is 21.3. The Balaban J connectivity index is 1.86. The predicted octanol–water partition coefficient (Wildman–Crippen LogP) is 5.21. The summed E-state index contributed by atoms with van der Waals surface area (Å²) in [6.07, 6.45) is 0.0462. The van der Waals surface area contributed by atoms with Crippen LogP contribution in [0.4, 0.5) is 10.5 Å². The van der Waals surface area contributed by atoms with Gasteiger partial charge in [0.1, 0.15) is 11.4 Å². The van der Waals surface area contributed by atoms with Crippen LogP contribution in [0.15, 0.2) is 53.5 Å². The fourth-order valence-corrected chi connectivity index (χ4v) is 4.91. The number of ether oxygens (including phenoxy) is 1. The number of carbonyl (C=O) groups is 2. The van der Waals surface area contributed by atoms with Gasteiger partial charge < -0.3 is 14.4 Å². The van der Waals surface area contributed by atoms with Crippen molar-refractivity contribution in [1.29, 1.82) is 0 Å². The van der Waals surface area contributed by atoms with Crippen LogP contribution in [0.1, 0.15) is 50.8 Å². The summed E-state index contributed by atoms with van der Waals surface area (Å²) in [5, 5.41) is 0. The fourth-order valence-electron chi connectivity index (χ4n) is 4.91. The molecule has 0 N–H and O–H groups in total. The maximum absolute atomic E-state index is 13.0. The Kier molecular flexibility index (Phi) is 5.24. The molecular formula is C26H30N2O3.